The van der Waals surface area contributed by atoms with Gasteiger partial charge >= 0.3 is 0 Å². The number of thiophene rings is 1. The molecule has 1 N–H and O–H groups in total. The molecule has 0 saturated heterocycles. The lowest BCUT2D eigenvalue weighted by atomic mass is 10.2. The zero-order valence-corrected chi connectivity index (χ0v) is 20.0. The quantitative estimate of drug-likeness (QED) is 0.388. The molecule has 6 nitrogen and oxygen atoms in total. The number of nitrogens with one attached hydrogen (secondary N) is 1. The molecule has 1 aliphatic heterocycles. The molecule has 0 aliphatic carbocycles. The van der Waals surface area contributed by atoms with Gasteiger partial charge in [-0.15, -0.1) is 11.3 Å². The summed E-state index contributed by atoms with van der Waals surface area (Å²) in [6.45, 7) is 3.88. The van der Waals surface area contributed by atoms with Gasteiger partial charge in [-0.3, -0.25) is 14.5 Å². The average Bonchev–Trinajstić information content (AvgIpc) is 3.29. The van der Waals surface area contributed by atoms with Crippen LogP contribution in [0.25, 0.3) is 16.3 Å². The second-order valence-electron chi connectivity index (χ2n) is 7.72. The van der Waals surface area contributed by atoms with Crippen molar-refractivity contribution < 1.29 is 9.18 Å². The Hall–Kier alpha value is -3.56. The van der Waals surface area contributed by atoms with E-state index >= 15 is 0 Å². The van der Waals surface area contributed by atoms with Crippen molar-refractivity contribution in [1.29, 1.82) is 0 Å². The van der Waals surface area contributed by atoms with E-state index in [1.807, 2.05) is 44.2 Å². The lowest BCUT2D eigenvalue weighted by molar-refractivity contribution is -0.113. The maximum absolute atomic E-state index is 13.5. The number of hydrogen-bond donors (Lipinski definition) is 1. The molecule has 0 bridgehead atoms. The SMILES string of the molecule is Cc1sc2nc(CSC3=N/C(=C\c4ccccc4)C(=O)N3c3ccc(F)cc3)[nH]c(=O)c2c1C. The molecular formula is C25H19FN4O2S2. The van der Waals surface area contributed by atoms with Crippen LogP contribution in [-0.4, -0.2) is 21.0 Å². The number of nitrogens with zero attached hydrogens (tertiary/aromatic N) is 3. The van der Waals surface area contributed by atoms with E-state index in [0.29, 0.717) is 32.6 Å². The van der Waals surface area contributed by atoms with Crippen molar-refractivity contribution in [3.8, 4) is 0 Å². The molecule has 0 unspecified atom stereocenters. The van der Waals surface area contributed by atoms with E-state index in [1.165, 1.54) is 52.3 Å². The first-order valence-electron chi connectivity index (χ1n) is 10.5. The van der Waals surface area contributed by atoms with Crippen LogP contribution in [0, 0.1) is 19.7 Å². The lowest BCUT2D eigenvalue weighted by Gasteiger charge is -2.17. The maximum Gasteiger partial charge on any atom is 0.283 e. The Morgan fingerprint density at radius 2 is 1.82 bits per heavy atom. The number of carbonyl (C=O) groups is 1. The van der Waals surface area contributed by atoms with Gasteiger partial charge in [0.1, 0.15) is 22.2 Å². The first kappa shape index (κ1) is 22.2. The summed E-state index contributed by atoms with van der Waals surface area (Å²) >= 11 is 2.77. The minimum Gasteiger partial charge on any atom is -0.309 e. The number of aromatic nitrogens is 2. The number of benzene rings is 2. The van der Waals surface area contributed by atoms with Gasteiger partial charge in [-0.1, -0.05) is 42.1 Å². The third kappa shape index (κ3) is 4.20. The minimum atomic E-state index is -0.391. The summed E-state index contributed by atoms with van der Waals surface area (Å²) in [6, 6.07) is 15.1. The number of hydrogen-bond acceptors (Lipinski definition) is 6. The number of anilines is 1. The number of amidine groups is 1. The highest BCUT2D eigenvalue weighted by Crippen LogP contribution is 2.31. The van der Waals surface area contributed by atoms with E-state index in [2.05, 4.69) is 15.0 Å². The summed E-state index contributed by atoms with van der Waals surface area (Å²) in [7, 11) is 0. The summed E-state index contributed by atoms with van der Waals surface area (Å²) in [5, 5.41) is 1.05. The van der Waals surface area contributed by atoms with Crippen LogP contribution >= 0.6 is 23.1 Å². The number of H-pyrrole nitrogens is 1. The fourth-order valence-corrected chi connectivity index (χ4v) is 5.55. The highest BCUT2D eigenvalue weighted by molar-refractivity contribution is 8.13. The van der Waals surface area contributed by atoms with Crippen molar-refractivity contribution in [1.82, 2.24) is 9.97 Å². The molecule has 2 aromatic carbocycles. The van der Waals surface area contributed by atoms with E-state index in [9.17, 15) is 14.0 Å². The average molecular weight is 491 g/mol. The smallest absolute Gasteiger partial charge is 0.283 e. The largest absolute Gasteiger partial charge is 0.309 e. The second-order valence-corrected chi connectivity index (χ2v) is 9.86. The van der Waals surface area contributed by atoms with Crippen molar-refractivity contribution in [3.63, 3.8) is 0 Å². The molecule has 34 heavy (non-hydrogen) atoms. The third-order valence-electron chi connectivity index (χ3n) is 5.44. The summed E-state index contributed by atoms with van der Waals surface area (Å²) < 4.78 is 13.5. The number of rotatable bonds is 4. The molecule has 1 amide bonds. The number of fused-ring (bicyclic) bond motifs is 1. The number of carbonyl (C=O) groups excluding carboxylic acids is 1. The van der Waals surface area contributed by atoms with E-state index in [-0.39, 0.29) is 17.2 Å². The van der Waals surface area contributed by atoms with E-state index in [4.69, 9.17) is 0 Å². The number of aromatic amines is 1. The van der Waals surface area contributed by atoms with Gasteiger partial charge in [0.2, 0.25) is 0 Å². The highest BCUT2D eigenvalue weighted by atomic mass is 32.2. The van der Waals surface area contributed by atoms with E-state index < -0.39 is 5.82 Å². The molecular weight excluding hydrogens is 471 g/mol. The fraction of sp³-hybridized carbons (Fsp3) is 0.120. The Bertz CT molecular complexity index is 1520. The van der Waals surface area contributed by atoms with Crippen LogP contribution in [0.5, 0.6) is 0 Å². The van der Waals surface area contributed by atoms with Crippen LogP contribution in [0.1, 0.15) is 21.8 Å². The Labute approximate surface area is 202 Å². The zero-order valence-electron chi connectivity index (χ0n) is 18.3. The Balaban J connectivity index is 1.49. The Morgan fingerprint density at radius 1 is 1.09 bits per heavy atom. The van der Waals surface area contributed by atoms with Gasteiger partial charge in [0.25, 0.3) is 11.5 Å². The van der Waals surface area contributed by atoms with Gasteiger partial charge in [-0.05, 0) is 55.3 Å². The molecule has 1 aliphatic rings. The molecule has 0 spiro atoms. The Kier molecular flexibility index (Phi) is 5.89. The van der Waals surface area contributed by atoms with Crippen LogP contribution < -0.4 is 10.5 Å². The molecule has 2 aromatic heterocycles. The number of aliphatic imine (C=N–C) groups is 1. The number of aryl methyl sites for hydroxylation is 2. The summed E-state index contributed by atoms with van der Waals surface area (Å²) in [5.41, 5.74) is 2.40. The third-order valence-corrected chi connectivity index (χ3v) is 7.49. The van der Waals surface area contributed by atoms with Gasteiger partial charge in [-0.25, -0.2) is 14.4 Å². The topological polar surface area (TPSA) is 78.4 Å². The minimum absolute atomic E-state index is 0.174. The molecule has 4 aromatic rings. The molecule has 170 valence electrons. The summed E-state index contributed by atoms with van der Waals surface area (Å²) in [6.07, 6.45) is 1.72. The summed E-state index contributed by atoms with van der Waals surface area (Å²) in [4.78, 5) is 41.1. The zero-order chi connectivity index (χ0) is 23.8. The van der Waals surface area contributed by atoms with Crippen LogP contribution in [0.15, 0.2) is 70.1 Å². The summed E-state index contributed by atoms with van der Waals surface area (Å²) in [5.74, 6) is 0.111. The van der Waals surface area contributed by atoms with Gasteiger partial charge in [0.15, 0.2) is 5.17 Å². The first-order chi connectivity index (χ1) is 16.4. The predicted octanol–water partition coefficient (Wildman–Crippen LogP) is 5.42. The van der Waals surface area contributed by atoms with Crippen molar-refractivity contribution in [2.45, 2.75) is 19.6 Å². The van der Waals surface area contributed by atoms with Crippen LogP contribution in [0.3, 0.4) is 0 Å². The van der Waals surface area contributed by atoms with Gasteiger partial charge in [0, 0.05) is 4.88 Å². The van der Waals surface area contributed by atoms with E-state index in [0.717, 1.165) is 16.0 Å². The molecule has 0 fully saturated rings. The molecule has 9 heteroatoms. The van der Waals surface area contributed by atoms with E-state index in [1.54, 1.807) is 6.08 Å². The van der Waals surface area contributed by atoms with Crippen LogP contribution in [0.2, 0.25) is 0 Å². The maximum atomic E-state index is 13.5. The normalized spacial score (nSPS) is 14.9. The van der Waals surface area contributed by atoms with Crippen molar-refractivity contribution in [2.24, 2.45) is 4.99 Å². The van der Waals surface area contributed by atoms with Gasteiger partial charge < -0.3 is 4.98 Å². The molecule has 0 radical (unpaired) electrons. The monoisotopic (exact) mass is 490 g/mol. The van der Waals surface area contributed by atoms with Crippen molar-refractivity contribution >= 4 is 56.2 Å². The molecule has 0 saturated carbocycles. The Morgan fingerprint density at radius 3 is 2.56 bits per heavy atom. The van der Waals surface area contributed by atoms with Gasteiger partial charge in [0.05, 0.1) is 16.8 Å². The van der Waals surface area contributed by atoms with Crippen LogP contribution in [-0.2, 0) is 10.5 Å². The van der Waals surface area contributed by atoms with Crippen LogP contribution in [0.4, 0.5) is 10.1 Å². The van der Waals surface area contributed by atoms with Crippen molar-refractivity contribution in [2.75, 3.05) is 4.90 Å². The molecule has 3 heterocycles. The second kappa shape index (κ2) is 9.00. The first-order valence-corrected chi connectivity index (χ1v) is 12.3. The number of thioether (sulfide) groups is 1. The van der Waals surface area contributed by atoms with Crippen molar-refractivity contribution in [3.05, 3.63) is 98.3 Å². The lowest BCUT2D eigenvalue weighted by Crippen LogP contribution is -2.30. The fourth-order valence-electron chi connectivity index (χ4n) is 3.62. The van der Waals surface area contributed by atoms with Gasteiger partial charge in [-0.2, -0.15) is 0 Å². The molecule has 5 rings (SSSR count). The number of amides is 1. The highest BCUT2D eigenvalue weighted by Gasteiger charge is 2.32. The standard InChI is InChI=1S/C25H19FN4O2S2/c1-14-15(2)34-23-21(14)22(31)28-20(29-23)13-33-25-27-19(12-16-6-4-3-5-7-16)24(32)30(25)18-10-8-17(26)9-11-18/h3-12H,13H2,1-2H3,(H,28,29,31)/b19-12-. The molecule has 0 atom stereocenters. The predicted molar refractivity (Wildman–Crippen MR) is 137 cm³/mol. The number of halogens is 1.